The summed E-state index contributed by atoms with van der Waals surface area (Å²) in [7, 11) is 0. The number of hydrogen-bond acceptors (Lipinski definition) is 3. The Morgan fingerprint density at radius 1 is 1.20 bits per heavy atom. The molecule has 20 heavy (non-hydrogen) atoms. The smallest absolute Gasteiger partial charge is 0.233 e. The summed E-state index contributed by atoms with van der Waals surface area (Å²) >= 11 is 4.37. The van der Waals surface area contributed by atoms with E-state index in [0.717, 1.165) is 17.0 Å². The first kappa shape index (κ1) is 14.6. The van der Waals surface area contributed by atoms with E-state index < -0.39 is 0 Å². The number of rotatable bonds is 5. The van der Waals surface area contributed by atoms with Crippen LogP contribution in [0.25, 0.3) is 0 Å². The highest BCUT2D eigenvalue weighted by atomic mass is 32.1. The van der Waals surface area contributed by atoms with Gasteiger partial charge >= 0.3 is 0 Å². The number of amides is 1. The number of pyridine rings is 1. The quantitative estimate of drug-likeness (QED) is 0.830. The van der Waals surface area contributed by atoms with Crippen molar-refractivity contribution >= 4 is 18.5 Å². The maximum atomic E-state index is 12.0. The van der Waals surface area contributed by atoms with Gasteiger partial charge in [-0.3, -0.25) is 9.78 Å². The number of aryl methyl sites for hydroxylation is 1. The second-order valence-electron chi connectivity index (χ2n) is 4.69. The summed E-state index contributed by atoms with van der Waals surface area (Å²) in [5.74, 6) is -0.0690. The van der Waals surface area contributed by atoms with Gasteiger partial charge in [-0.05, 0) is 31.0 Å². The monoisotopic (exact) mass is 286 g/mol. The van der Waals surface area contributed by atoms with Crippen LogP contribution in [0, 0.1) is 6.92 Å². The van der Waals surface area contributed by atoms with Crippen LogP contribution in [-0.2, 0) is 17.8 Å². The summed E-state index contributed by atoms with van der Waals surface area (Å²) in [6.07, 6.45) is 0.622. The van der Waals surface area contributed by atoms with Gasteiger partial charge < -0.3 is 5.32 Å². The van der Waals surface area contributed by atoms with Crippen molar-refractivity contribution in [1.29, 1.82) is 0 Å². The lowest BCUT2D eigenvalue weighted by Crippen LogP contribution is -2.32. The summed E-state index contributed by atoms with van der Waals surface area (Å²) < 4.78 is 0. The third-order valence-corrected chi connectivity index (χ3v) is 3.38. The van der Waals surface area contributed by atoms with E-state index in [1.807, 2.05) is 55.5 Å². The number of hydrogen-bond donors (Lipinski definition) is 2. The molecule has 1 aromatic heterocycles. The Balaban J connectivity index is 1.85. The van der Waals surface area contributed by atoms with Crippen molar-refractivity contribution in [1.82, 2.24) is 10.3 Å². The molecule has 0 saturated carbocycles. The molecule has 1 aromatic carbocycles. The second kappa shape index (κ2) is 7.10. The molecule has 0 aliphatic carbocycles. The summed E-state index contributed by atoms with van der Waals surface area (Å²) in [5.41, 5.74) is 2.92. The zero-order valence-electron chi connectivity index (χ0n) is 11.4. The van der Waals surface area contributed by atoms with Crippen LogP contribution in [0.1, 0.15) is 17.0 Å². The molecule has 1 atom stereocenters. The van der Waals surface area contributed by atoms with Crippen LogP contribution in [0.2, 0.25) is 0 Å². The molecular weight excluding hydrogens is 268 g/mol. The van der Waals surface area contributed by atoms with E-state index >= 15 is 0 Å². The third-order valence-electron chi connectivity index (χ3n) is 2.96. The number of benzene rings is 1. The molecule has 0 bridgehead atoms. The molecule has 3 nitrogen and oxygen atoms in total. The van der Waals surface area contributed by atoms with Gasteiger partial charge in [-0.1, -0.05) is 36.4 Å². The van der Waals surface area contributed by atoms with Crippen molar-refractivity contribution in [2.45, 2.75) is 25.1 Å². The predicted molar refractivity (Wildman–Crippen MR) is 83.7 cm³/mol. The van der Waals surface area contributed by atoms with Crippen LogP contribution >= 0.6 is 12.6 Å². The van der Waals surface area contributed by atoms with Crippen molar-refractivity contribution in [3.05, 3.63) is 65.5 Å². The fourth-order valence-corrected chi connectivity index (χ4v) is 2.23. The Bertz CT molecular complexity index is 572. The van der Waals surface area contributed by atoms with Gasteiger partial charge in [-0.25, -0.2) is 0 Å². The van der Waals surface area contributed by atoms with Crippen molar-refractivity contribution < 1.29 is 4.79 Å². The highest BCUT2D eigenvalue weighted by molar-refractivity contribution is 7.81. The van der Waals surface area contributed by atoms with E-state index in [1.54, 1.807) is 0 Å². The van der Waals surface area contributed by atoms with Crippen molar-refractivity contribution in [3.8, 4) is 0 Å². The zero-order valence-corrected chi connectivity index (χ0v) is 12.3. The summed E-state index contributed by atoms with van der Waals surface area (Å²) in [6.45, 7) is 2.37. The molecule has 104 valence electrons. The number of nitrogens with one attached hydrogen (secondary N) is 1. The van der Waals surface area contributed by atoms with Gasteiger partial charge in [0.15, 0.2) is 0 Å². The van der Waals surface area contributed by atoms with E-state index in [4.69, 9.17) is 0 Å². The molecule has 0 aliphatic heterocycles. The van der Waals surface area contributed by atoms with Gasteiger partial charge in [-0.2, -0.15) is 12.6 Å². The minimum Gasteiger partial charge on any atom is -0.349 e. The van der Waals surface area contributed by atoms with Crippen LogP contribution in [0.15, 0.2) is 48.5 Å². The van der Waals surface area contributed by atoms with Gasteiger partial charge in [0.25, 0.3) is 0 Å². The standard InChI is InChI=1S/C16H18N2OS/c1-12-6-5-9-14(18-12)11-17-16(19)15(20)10-13-7-3-2-4-8-13/h2-9,15,20H,10-11H2,1H3,(H,17,19). The molecule has 1 unspecified atom stereocenters. The molecule has 1 amide bonds. The van der Waals surface area contributed by atoms with Crippen LogP contribution in [-0.4, -0.2) is 16.1 Å². The van der Waals surface area contributed by atoms with Crippen molar-refractivity contribution in [2.75, 3.05) is 0 Å². The Labute approximate surface area is 124 Å². The summed E-state index contributed by atoms with van der Waals surface area (Å²) in [5, 5.41) is 2.52. The van der Waals surface area contributed by atoms with E-state index in [9.17, 15) is 4.79 Å². The lowest BCUT2D eigenvalue weighted by Gasteiger charge is -2.11. The lowest BCUT2D eigenvalue weighted by atomic mass is 10.1. The van der Waals surface area contributed by atoms with Gasteiger partial charge in [0.2, 0.25) is 5.91 Å². The zero-order chi connectivity index (χ0) is 14.4. The fourth-order valence-electron chi connectivity index (χ4n) is 1.92. The first-order valence-corrected chi connectivity index (χ1v) is 7.09. The topological polar surface area (TPSA) is 42.0 Å². The average Bonchev–Trinajstić information content (AvgIpc) is 2.46. The van der Waals surface area contributed by atoms with Crippen LogP contribution in [0.4, 0.5) is 0 Å². The first-order valence-electron chi connectivity index (χ1n) is 6.57. The Kier molecular flexibility index (Phi) is 5.18. The van der Waals surface area contributed by atoms with Crippen LogP contribution in [0.5, 0.6) is 0 Å². The van der Waals surface area contributed by atoms with Crippen LogP contribution in [0.3, 0.4) is 0 Å². The maximum Gasteiger partial charge on any atom is 0.233 e. The Hall–Kier alpha value is -1.81. The molecular formula is C16H18N2OS. The Morgan fingerprint density at radius 2 is 1.95 bits per heavy atom. The summed E-state index contributed by atoms with van der Waals surface area (Å²) in [6, 6.07) is 15.7. The second-order valence-corrected chi connectivity index (χ2v) is 5.32. The van der Waals surface area contributed by atoms with E-state index in [-0.39, 0.29) is 11.2 Å². The third kappa shape index (κ3) is 4.38. The predicted octanol–water partition coefficient (Wildman–Crippen LogP) is 2.55. The molecule has 0 fully saturated rings. The van der Waals surface area contributed by atoms with Gasteiger partial charge in [0, 0.05) is 5.69 Å². The normalized spacial score (nSPS) is 11.9. The highest BCUT2D eigenvalue weighted by Crippen LogP contribution is 2.08. The van der Waals surface area contributed by atoms with Crippen LogP contribution < -0.4 is 5.32 Å². The number of carbonyl (C=O) groups is 1. The Morgan fingerprint density at radius 3 is 2.65 bits per heavy atom. The average molecular weight is 286 g/mol. The molecule has 4 heteroatoms. The lowest BCUT2D eigenvalue weighted by molar-refractivity contribution is -0.120. The fraction of sp³-hybridized carbons (Fsp3) is 0.250. The number of carbonyl (C=O) groups excluding carboxylic acids is 1. The summed E-state index contributed by atoms with van der Waals surface area (Å²) in [4.78, 5) is 16.3. The number of thiol groups is 1. The minimum atomic E-state index is -0.345. The maximum absolute atomic E-state index is 12.0. The molecule has 0 saturated heterocycles. The van der Waals surface area contributed by atoms with E-state index in [1.165, 1.54) is 0 Å². The molecule has 0 spiro atoms. The van der Waals surface area contributed by atoms with Crippen molar-refractivity contribution in [3.63, 3.8) is 0 Å². The number of aromatic nitrogens is 1. The SMILES string of the molecule is Cc1cccc(CNC(=O)C(S)Cc2ccccc2)n1. The molecule has 0 aliphatic rings. The molecule has 2 aromatic rings. The van der Waals surface area contributed by atoms with E-state index in [2.05, 4.69) is 22.9 Å². The van der Waals surface area contributed by atoms with Crippen molar-refractivity contribution in [2.24, 2.45) is 0 Å². The van der Waals surface area contributed by atoms with Gasteiger partial charge in [0.05, 0.1) is 17.5 Å². The highest BCUT2D eigenvalue weighted by Gasteiger charge is 2.14. The largest absolute Gasteiger partial charge is 0.349 e. The minimum absolute atomic E-state index is 0.0690. The molecule has 1 heterocycles. The van der Waals surface area contributed by atoms with Gasteiger partial charge in [-0.15, -0.1) is 0 Å². The van der Waals surface area contributed by atoms with E-state index in [0.29, 0.717) is 13.0 Å². The number of nitrogens with zero attached hydrogens (tertiary/aromatic N) is 1. The molecule has 1 N–H and O–H groups in total. The molecule has 0 radical (unpaired) electrons. The molecule has 2 rings (SSSR count). The van der Waals surface area contributed by atoms with Gasteiger partial charge in [0.1, 0.15) is 0 Å². The first-order chi connectivity index (χ1) is 9.65.